The van der Waals surface area contributed by atoms with Gasteiger partial charge in [-0.05, 0) is 30.5 Å². The minimum Gasteiger partial charge on any atom is -0.507 e. The average molecular weight is 209 g/mol. The second-order valence-electron chi connectivity index (χ2n) is 4.65. The van der Waals surface area contributed by atoms with Crippen LogP contribution in [0.4, 0.5) is 0 Å². The standard InChI is InChI=1S/C12H19NO2/c1-8-5-10(6-9(2)11(8)14)12(3,4)7-15-13/h5-6,14H,7,13H2,1-4H3. The normalized spacial score (nSPS) is 11.8. The van der Waals surface area contributed by atoms with Crippen LogP contribution in [0, 0.1) is 13.8 Å². The van der Waals surface area contributed by atoms with Gasteiger partial charge in [-0.15, -0.1) is 0 Å². The Balaban J connectivity index is 3.16. The first-order valence-electron chi connectivity index (χ1n) is 5.01. The first-order chi connectivity index (χ1) is 6.88. The molecule has 0 fully saturated rings. The summed E-state index contributed by atoms with van der Waals surface area (Å²) in [5, 5.41) is 9.67. The summed E-state index contributed by atoms with van der Waals surface area (Å²) in [6.07, 6.45) is 0. The lowest BCUT2D eigenvalue weighted by Gasteiger charge is -2.25. The smallest absolute Gasteiger partial charge is 0.121 e. The van der Waals surface area contributed by atoms with E-state index in [9.17, 15) is 5.11 Å². The maximum Gasteiger partial charge on any atom is 0.121 e. The van der Waals surface area contributed by atoms with Crippen molar-refractivity contribution in [2.24, 2.45) is 5.90 Å². The molecule has 0 radical (unpaired) electrons. The van der Waals surface area contributed by atoms with Crippen LogP contribution < -0.4 is 5.90 Å². The van der Waals surface area contributed by atoms with E-state index in [1.54, 1.807) is 0 Å². The van der Waals surface area contributed by atoms with Gasteiger partial charge in [-0.2, -0.15) is 0 Å². The molecule has 3 N–H and O–H groups in total. The van der Waals surface area contributed by atoms with Crippen LogP contribution in [0.1, 0.15) is 30.5 Å². The summed E-state index contributed by atoms with van der Waals surface area (Å²) < 4.78 is 0. The predicted molar refractivity (Wildman–Crippen MR) is 60.7 cm³/mol. The molecule has 15 heavy (non-hydrogen) atoms. The molecule has 0 spiro atoms. The highest BCUT2D eigenvalue weighted by Gasteiger charge is 2.22. The topological polar surface area (TPSA) is 55.5 Å². The lowest BCUT2D eigenvalue weighted by Crippen LogP contribution is -2.26. The van der Waals surface area contributed by atoms with Gasteiger partial charge in [-0.25, -0.2) is 5.90 Å². The molecule has 1 rings (SSSR count). The van der Waals surface area contributed by atoms with Gasteiger partial charge in [0, 0.05) is 5.41 Å². The Morgan fingerprint density at radius 1 is 1.27 bits per heavy atom. The van der Waals surface area contributed by atoms with Gasteiger partial charge in [-0.1, -0.05) is 26.0 Å². The molecule has 0 amide bonds. The van der Waals surface area contributed by atoms with Crippen LogP contribution in [0.2, 0.25) is 0 Å². The summed E-state index contributed by atoms with van der Waals surface area (Å²) in [5.41, 5.74) is 2.75. The zero-order chi connectivity index (χ0) is 11.6. The molecule has 0 unspecified atom stereocenters. The van der Waals surface area contributed by atoms with Crippen LogP contribution in [0.15, 0.2) is 12.1 Å². The van der Waals surface area contributed by atoms with Crippen molar-refractivity contribution in [3.8, 4) is 5.75 Å². The van der Waals surface area contributed by atoms with Gasteiger partial charge in [0.2, 0.25) is 0 Å². The van der Waals surface area contributed by atoms with Crippen molar-refractivity contribution in [1.29, 1.82) is 0 Å². The number of hydrogen-bond donors (Lipinski definition) is 2. The number of phenolic OH excluding ortho intramolecular Hbond substituents is 1. The highest BCUT2D eigenvalue weighted by molar-refractivity contribution is 5.44. The quantitative estimate of drug-likeness (QED) is 0.750. The van der Waals surface area contributed by atoms with E-state index in [0.717, 1.165) is 16.7 Å². The molecule has 0 atom stereocenters. The Bertz CT molecular complexity index is 336. The molecule has 0 aliphatic carbocycles. The molecular formula is C12H19NO2. The fourth-order valence-corrected chi connectivity index (χ4v) is 1.64. The molecule has 1 aromatic rings. The monoisotopic (exact) mass is 209 g/mol. The van der Waals surface area contributed by atoms with Gasteiger partial charge in [0.05, 0.1) is 6.61 Å². The molecule has 0 aliphatic heterocycles. The Morgan fingerprint density at radius 2 is 1.73 bits per heavy atom. The minimum atomic E-state index is -0.141. The van der Waals surface area contributed by atoms with Gasteiger partial charge in [0.1, 0.15) is 5.75 Å². The highest BCUT2D eigenvalue weighted by atomic mass is 16.6. The van der Waals surface area contributed by atoms with Crippen LogP contribution in [-0.4, -0.2) is 11.7 Å². The molecule has 3 heteroatoms. The van der Waals surface area contributed by atoms with Gasteiger partial charge < -0.3 is 9.94 Å². The Kier molecular flexibility index (Phi) is 3.37. The number of nitrogens with two attached hydrogens (primary N) is 1. The summed E-state index contributed by atoms with van der Waals surface area (Å²) in [6, 6.07) is 3.95. The van der Waals surface area contributed by atoms with Crippen molar-refractivity contribution in [3.63, 3.8) is 0 Å². The van der Waals surface area contributed by atoms with Crippen LogP contribution in [0.3, 0.4) is 0 Å². The molecule has 0 heterocycles. The van der Waals surface area contributed by atoms with Gasteiger partial charge in [0.15, 0.2) is 0 Å². The Hall–Kier alpha value is -1.06. The first-order valence-corrected chi connectivity index (χ1v) is 5.01. The fourth-order valence-electron chi connectivity index (χ4n) is 1.64. The maximum absolute atomic E-state index is 9.67. The summed E-state index contributed by atoms with van der Waals surface area (Å²) in [5.74, 6) is 5.47. The van der Waals surface area contributed by atoms with Gasteiger partial charge >= 0.3 is 0 Å². The molecule has 0 saturated carbocycles. The van der Waals surface area contributed by atoms with E-state index in [1.165, 1.54) is 0 Å². The molecule has 1 aromatic carbocycles. The second kappa shape index (κ2) is 4.21. The average Bonchev–Trinajstić information content (AvgIpc) is 2.13. The van der Waals surface area contributed by atoms with Crippen molar-refractivity contribution in [3.05, 3.63) is 28.8 Å². The van der Waals surface area contributed by atoms with E-state index in [-0.39, 0.29) is 5.41 Å². The number of hydrogen-bond acceptors (Lipinski definition) is 3. The molecule has 3 nitrogen and oxygen atoms in total. The maximum atomic E-state index is 9.67. The van der Waals surface area contributed by atoms with Gasteiger partial charge in [0.25, 0.3) is 0 Å². The lowest BCUT2D eigenvalue weighted by atomic mass is 9.84. The fraction of sp³-hybridized carbons (Fsp3) is 0.500. The van der Waals surface area contributed by atoms with E-state index >= 15 is 0 Å². The SMILES string of the molecule is Cc1cc(C(C)(C)CON)cc(C)c1O. The van der Waals surface area contributed by atoms with Crippen LogP contribution in [0.5, 0.6) is 5.75 Å². The third kappa shape index (κ3) is 2.49. The van der Waals surface area contributed by atoms with Crippen LogP contribution >= 0.6 is 0 Å². The molecule has 0 bridgehead atoms. The van der Waals surface area contributed by atoms with Gasteiger partial charge in [-0.3, -0.25) is 0 Å². The highest BCUT2D eigenvalue weighted by Crippen LogP contribution is 2.30. The lowest BCUT2D eigenvalue weighted by molar-refractivity contribution is 0.0964. The van der Waals surface area contributed by atoms with E-state index in [0.29, 0.717) is 12.4 Å². The summed E-state index contributed by atoms with van der Waals surface area (Å²) in [4.78, 5) is 4.71. The van der Waals surface area contributed by atoms with Crippen LogP contribution in [-0.2, 0) is 10.3 Å². The van der Waals surface area contributed by atoms with E-state index in [1.807, 2.05) is 26.0 Å². The number of rotatable bonds is 3. The third-order valence-electron chi connectivity index (χ3n) is 2.72. The van der Waals surface area contributed by atoms with E-state index < -0.39 is 0 Å². The van der Waals surface area contributed by atoms with Crippen molar-refractivity contribution in [2.45, 2.75) is 33.1 Å². The summed E-state index contributed by atoms with van der Waals surface area (Å²) >= 11 is 0. The van der Waals surface area contributed by atoms with Crippen LogP contribution in [0.25, 0.3) is 0 Å². The largest absolute Gasteiger partial charge is 0.507 e. The predicted octanol–water partition coefficient (Wildman–Crippen LogP) is 2.18. The number of aromatic hydroxyl groups is 1. The summed E-state index contributed by atoms with van der Waals surface area (Å²) in [6.45, 7) is 8.36. The van der Waals surface area contributed by atoms with E-state index in [2.05, 4.69) is 13.8 Å². The first kappa shape index (κ1) is 12.0. The Labute approximate surface area is 90.8 Å². The second-order valence-corrected chi connectivity index (χ2v) is 4.65. The molecule has 0 saturated heterocycles. The molecule has 0 aliphatic rings. The number of phenols is 1. The molecule has 0 aromatic heterocycles. The number of aryl methyl sites for hydroxylation is 2. The van der Waals surface area contributed by atoms with Crippen molar-refractivity contribution in [1.82, 2.24) is 0 Å². The van der Waals surface area contributed by atoms with Crippen molar-refractivity contribution >= 4 is 0 Å². The third-order valence-corrected chi connectivity index (χ3v) is 2.72. The zero-order valence-electron chi connectivity index (χ0n) is 9.79. The Morgan fingerprint density at radius 3 is 2.13 bits per heavy atom. The van der Waals surface area contributed by atoms with E-state index in [4.69, 9.17) is 10.7 Å². The van der Waals surface area contributed by atoms with Crippen molar-refractivity contribution in [2.75, 3.05) is 6.61 Å². The number of benzene rings is 1. The summed E-state index contributed by atoms with van der Waals surface area (Å²) in [7, 11) is 0. The van der Waals surface area contributed by atoms with Crippen molar-refractivity contribution < 1.29 is 9.94 Å². The molecular weight excluding hydrogens is 190 g/mol. The zero-order valence-corrected chi connectivity index (χ0v) is 9.79. The minimum absolute atomic E-state index is 0.141. The molecule has 84 valence electrons.